The second-order valence-corrected chi connectivity index (χ2v) is 23.3. The summed E-state index contributed by atoms with van der Waals surface area (Å²) in [6.45, 7) is 12.1. The zero-order valence-corrected chi connectivity index (χ0v) is 45.7. The third-order valence-electron chi connectivity index (χ3n) is 18.2. The summed E-state index contributed by atoms with van der Waals surface area (Å²) in [6.07, 6.45) is 14.8. The highest BCUT2D eigenvalue weighted by molar-refractivity contribution is 6.12. The number of aromatic carboxylic acids is 1. The van der Waals surface area contributed by atoms with Crippen LogP contribution >= 0.6 is 0 Å². The minimum absolute atomic E-state index is 0.0863. The quantitative estimate of drug-likeness (QED) is 0.136. The van der Waals surface area contributed by atoms with Gasteiger partial charge in [-0.2, -0.15) is 0 Å². The molecule has 0 amide bonds. The Morgan fingerprint density at radius 2 is 1.09 bits per heavy atom. The molecule has 0 radical (unpaired) electrons. The lowest BCUT2D eigenvalue weighted by Crippen LogP contribution is -2.23. The number of rotatable bonds is 9. The molecule has 3 aliphatic carbocycles. The van der Waals surface area contributed by atoms with E-state index in [9.17, 15) is 24.3 Å². The number of hydrogen-bond donors (Lipinski definition) is 2. The molecular weight excluding hydrogens is 963 g/mol. The summed E-state index contributed by atoms with van der Waals surface area (Å²) in [5.41, 5.74) is 16.6. The standard InChI is InChI=1S/C33H36N2O3.C32H37N3O4/c1-19(2)25-18-26-22-11-7-12-24-29(22)35(31(26)32(25)36)16-8-15-34-27-17-21(33(37)38-3)13-14-23(27)28(30(24)34)20-9-5-4-6-10-20;1-19(2)33-18-25-22-11-7-12-24-28(22)35(30(25)31(36)37)16-8-15-34-26-17-21(32(38)39-3)13-14-23(26)27(29(24)34)20-9-5-4-6-10-20/h7,11-14,17,19-20,25H,4-6,8-10,15-16,18H2,1-3H3;7,11-14,17,19-20,33H,4-6,8-10,15-16,18H2,1-3H3,(H,36,37). The Kier molecular flexibility index (Phi) is 13.5. The van der Waals surface area contributed by atoms with Gasteiger partial charge in [-0.1, -0.05) is 115 Å². The van der Waals surface area contributed by atoms with E-state index < -0.39 is 5.97 Å². The number of Topliss-reactive ketones (excluding diaryl/α,β-unsaturated/α-hetero) is 1. The van der Waals surface area contributed by atoms with Crippen molar-refractivity contribution in [3.63, 3.8) is 0 Å². The maximum Gasteiger partial charge on any atom is 0.352 e. The minimum atomic E-state index is -0.881. The summed E-state index contributed by atoms with van der Waals surface area (Å²) in [5, 5.41) is 18.6. The van der Waals surface area contributed by atoms with Crippen LogP contribution in [0, 0.1) is 11.8 Å². The van der Waals surface area contributed by atoms with E-state index in [2.05, 4.69) is 99.8 Å². The SMILES string of the molecule is COC(=O)c1ccc2c(C3CCCCC3)c3n(c2c1)CCCn1c(C(=O)O)c(CNC(C)C)c2cccc-3c21.COC(=O)c1ccc2c(C3CCCCC3)c3n(c2c1)CCCn1c2c(c4cccc-3c41)CC(C(C)C)C2=O. The van der Waals surface area contributed by atoms with Crippen LogP contribution in [0.3, 0.4) is 0 Å². The summed E-state index contributed by atoms with van der Waals surface area (Å²) < 4.78 is 19.4. The molecule has 13 rings (SSSR count). The average Bonchev–Trinajstić information content (AvgIpc) is 4.43. The monoisotopic (exact) mass is 1040 g/mol. The van der Waals surface area contributed by atoms with Gasteiger partial charge in [-0.15, -0.1) is 0 Å². The maximum atomic E-state index is 13.7. The molecule has 2 aliphatic heterocycles. The molecule has 4 aromatic heterocycles. The third-order valence-corrected chi connectivity index (χ3v) is 18.2. The summed E-state index contributed by atoms with van der Waals surface area (Å²) in [5.74, 6) is 0.189. The fourth-order valence-electron chi connectivity index (χ4n) is 14.7. The van der Waals surface area contributed by atoms with E-state index in [1.807, 2.05) is 24.3 Å². The topological polar surface area (TPSA) is 139 Å². The molecule has 2 saturated carbocycles. The van der Waals surface area contributed by atoms with E-state index in [0.717, 1.165) is 90.5 Å². The molecule has 4 aromatic carbocycles. The molecular formula is C65H73N5O7. The number of carbonyl (C=O) groups excluding carboxylic acids is 3. The number of hydrogen-bond acceptors (Lipinski definition) is 7. The number of benzene rings is 4. The molecule has 0 saturated heterocycles. The van der Waals surface area contributed by atoms with E-state index in [-0.39, 0.29) is 23.9 Å². The highest BCUT2D eigenvalue weighted by atomic mass is 16.5. The first kappa shape index (κ1) is 50.9. The lowest BCUT2D eigenvalue weighted by atomic mass is 9.81. The van der Waals surface area contributed by atoms with Gasteiger partial charge in [0.25, 0.3) is 0 Å². The molecule has 1 unspecified atom stereocenters. The number of carboxylic acid groups (broad SMARTS) is 1. The molecule has 2 N–H and O–H groups in total. The molecule has 12 heteroatoms. The number of carboxylic acids is 1. The van der Waals surface area contributed by atoms with Crippen LogP contribution < -0.4 is 5.32 Å². The van der Waals surface area contributed by atoms with Gasteiger partial charge in [0.1, 0.15) is 5.69 Å². The van der Waals surface area contributed by atoms with Gasteiger partial charge >= 0.3 is 17.9 Å². The van der Waals surface area contributed by atoms with E-state index in [1.54, 1.807) is 0 Å². The number of ketones is 1. The van der Waals surface area contributed by atoms with Crippen LogP contribution in [0.2, 0.25) is 0 Å². The van der Waals surface area contributed by atoms with E-state index in [1.165, 1.54) is 121 Å². The Bertz CT molecular complexity index is 3680. The number of fused-ring (bicyclic) bond motifs is 11. The van der Waals surface area contributed by atoms with Crippen molar-refractivity contribution < 1.29 is 33.8 Å². The molecule has 77 heavy (non-hydrogen) atoms. The highest BCUT2D eigenvalue weighted by Gasteiger charge is 2.40. The molecule has 12 nitrogen and oxygen atoms in total. The Balaban J connectivity index is 0.000000155. The lowest BCUT2D eigenvalue weighted by Gasteiger charge is -2.25. The Hall–Kier alpha value is -6.92. The van der Waals surface area contributed by atoms with Gasteiger partial charge in [0, 0.05) is 94.0 Å². The maximum absolute atomic E-state index is 13.7. The molecule has 0 bridgehead atoms. The van der Waals surface area contributed by atoms with Gasteiger partial charge in [-0.05, 0) is 104 Å². The number of esters is 2. The van der Waals surface area contributed by atoms with Crippen molar-refractivity contribution in [2.75, 3.05) is 14.2 Å². The molecule has 2 fully saturated rings. The average molecular weight is 1040 g/mol. The molecule has 400 valence electrons. The lowest BCUT2D eigenvalue weighted by molar-refractivity contribution is 0.0592. The first-order valence-corrected chi connectivity index (χ1v) is 28.7. The largest absolute Gasteiger partial charge is 0.477 e. The number of ether oxygens (including phenoxy) is 2. The molecule has 5 aliphatic rings. The second kappa shape index (κ2) is 20.5. The van der Waals surface area contributed by atoms with Gasteiger partial charge in [-0.3, -0.25) is 4.79 Å². The van der Waals surface area contributed by atoms with Crippen molar-refractivity contribution >= 4 is 67.3 Å². The van der Waals surface area contributed by atoms with E-state index in [0.29, 0.717) is 53.4 Å². The van der Waals surface area contributed by atoms with Gasteiger partial charge in [0.05, 0.1) is 53.5 Å². The number of methoxy groups -OCH3 is 2. The zero-order chi connectivity index (χ0) is 53.4. The summed E-state index contributed by atoms with van der Waals surface area (Å²) in [6, 6.07) is 25.3. The highest BCUT2D eigenvalue weighted by Crippen LogP contribution is 2.51. The Labute approximate surface area is 450 Å². The van der Waals surface area contributed by atoms with E-state index in [4.69, 9.17) is 9.47 Å². The predicted molar refractivity (Wildman–Crippen MR) is 305 cm³/mol. The summed E-state index contributed by atoms with van der Waals surface area (Å²) >= 11 is 0. The van der Waals surface area contributed by atoms with Crippen molar-refractivity contribution in [1.29, 1.82) is 0 Å². The van der Waals surface area contributed by atoms with Crippen molar-refractivity contribution in [3.05, 3.63) is 118 Å². The normalized spacial score (nSPS) is 17.7. The molecule has 6 heterocycles. The van der Waals surface area contributed by atoms with Crippen molar-refractivity contribution in [1.82, 2.24) is 23.6 Å². The number of para-hydroxylation sites is 2. The van der Waals surface area contributed by atoms with Gasteiger partial charge in [-0.25, -0.2) is 14.4 Å². The van der Waals surface area contributed by atoms with Crippen LogP contribution in [0.1, 0.15) is 181 Å². The second-order valence-electron chi connectivity index (χ2n) is 23.3. The minimum Gasteiger partial charge on any atom is -0.477 e. The van der Waals surface area contributed by atoms with Gasteiger partial charge < -0.3 is 38.2 Å². The zero-order valence-electron chi connectivity index (χ0n) is 45.7. The molecule has 8 aromatic rings. The van der Waals surface area contributed by atoms with Crippen LogP contribution in [-0.4, -0.2) is 67.3 Å². The Morgan fingerprint density at radius 3 is 1.58 bits per heavy atom. The fraction of sp³-hybridized carbons (Fsp3) is 0.446. The number of nitrogens with one attached hydrogen (secondary N) is 1. The number of aryl methyl sites for hydroxylation is 4. The smallest absolute Gasteiger partial charge is 0.352 e. The molecule has 1 atom stereocenters. The number of nitrogens with zero attached hydrogens (tertiary/aromatic N) is 4. The van der Waals surface area contributed by atoms with Crippen molar-refractivity contribution in [3.8, 4) is 22.5 Å². The van der Waals surface area contributed by atoms with Crippen molar-refractivity contribution in [2.24, 2.45) is 11.8 Å². The third kappa shape index (κ3) is 8.43. The first-order chi connectivity index (χ1) is 37.4. The number of aromatic nitrogens is 4. The Morgan fingerprint density at radius 1 is 0.597 bits per heavy atom. The summed E-state index contributed by atoms with van der Waals surface area (Å²) in [7, 11) is 2.87. The first-order valence-electron chi connectivity index (χ1n) is 28.7. The van der Waals surface area contributed by atoms with Gasteiger partial charge in [0.2, 0.25) is 0 Å². The van der Waals surface area contributed by atoms with Crippen molar-refractivity contribution in [2.45, 2.75) is 162 Å². The van der Waals surface area contributed by atoms with Crippen LogP contribution in [0.4, 0.5) is 0 Å². The predicted octanol–water partition coefficient (Wildman–Crippen LogP) is 14.2. The van der Waals surface area contributed by atoms with Crippen LogP contribution in [0.25, 0.3) is 66.1 Å². The van der Waals surface area contributed by atoms with E-state index >= 15 is 0 Å². The van der Waals surface area contributed by atoms with Crippen LogP contribution in [0.5, 0.6) is 0 Å². The fourth-order valence-corrected chi connectivity index (χ4v) is 14.7. The molecule has 0 spiro atoms. The van der Waals surface area contributed by atoms with Gasteiger partial charge in [0.15, 0.2) is 5.78 Å². The van der Waals surface area contributed by atoms with Crippen LogP contribution in [0.15, 0.2) is 72.8 Å². The summed E-state index contributed by atoms with van der Waals surface area (Å²) in [4.78, 5) is 51.3. The van der Waals surface area contributed by atoms with Crippen LogP contribution in [-0.2, 0) is 48.6 Å². The number of carbonyl (C=O) groups is 4.